The lowest BCUT2D eigenvalue weighted by molar-refractivity contribution is -0.148. The van der Waals surface area contributed by atoms with Gasteiger partial charge in [0.25, 0.3) is 0 Å². The minimum atomic E-state index is -0.913. The third-order valence-corrected chi connectivity index (χ3v) is 5.31. The van der Waals surface area contributed by atoms with Crippen molar-refractivity contribution < 1.29 is 19.5 Å². The van der Waals surface area contributed by atoms with Crippen LogP contribution in [-0.4, -0.2) is 33.9 Å². The van der Waals surface area contributed by atoms with Crippen LogP contribution in [0.25, 0.3) is 0 Å². The van der Waals surface area contributed by atoms with Gasteiger partial charge in [-0.05, 0) is 24.7 Å². The van der Waals surface area contributed by atoms with Crippen LogP contribution in [-0.2, 0) is 14.4 Å². The van der Waals surface area contributed by atoms with Gasteiger partial charge in [-0.3, -0.25) is 14.4 Å². The van der Waals surface area contributed by atoms with Crippen molar-refractivity contribution in [3.8, 4) is 0 Å². The number of carbonyl (C=O) groups is 3. The summed E-state index contributed by atoms with van der Waals surface area (Å²) in [7, 11) is 0. The highest BCUT2D eigenvalue weighted by molar-refractivity contribution is 8.14. The number of amides is 1. The Kier molecular flexibility index (Phi) is 3.12. The second-order valence-electron chi connectivity index (χ2n) is 5.36. The van der Waals surface area contributed by atoms with Gasteiger partial charge in [-0.1, -0.05) is 23.9 Å². The van der Waals surface area contributed by atoms with E-state index in [9.17, 15) is 19.5 Å². The number of carboxylic acid groups (broad SMARTS) is 1. The Morgan fingerprint density at radius 3 is 2.53 bits per heavy atom. The molecule has 1 saturated heterocycles. The predicted molar refractivity (Wildman–Crippen MR) is 69.4 cm³/mol. The molecule has 2 aliphatic carbocycles. The molecule has 0 unspecified atom stereocenters. The van der Waals surface area contributed by atoms with E-state index in [2.05, 4.69) is 5.32 Å². The smallest absolute Gasteiger partial charge is 0.307 e. The molecule has 0 spiro atoms. The van der Waals surface area contributed by atoms with E-state index in [1.165, 1.54) is 11.8 Å². The molecule has 5 atom stereocenters. The van der Waals surface area contributed by atoms with E-state index in [-0.39, 0.29) is 22.9 Å². The minimum absolute atomic E-state index is 0.00950. The molecule has 0 radical (unpaired) electrons. The van der Waals surface area contributed by atoms with Crippen molar-refractivity contribution in [1.29, 1.82) is 0 Å². The van der Waals surface area contributed by atoms with Crippen molar-refractivity contribution in [2.75, 3.05) is 5.75 Å². The van der Waals surface area contributed by atoms with Crippen LogP contribution in [0, 0.1) is 23.7 Å². The summed E-state index contributed by atoms with van der Waals surface area (Å²) in [6.07, 6.45) is 5.23. The molecule has 1 amide bonds. The van der Waals surface area contributed by atoms with Crippen molar-refractivity contribution in [2.45, 2.75) is 18.9 Å². The molecule has 102 valence electrons. The molecule has 1 aliphatic heterocycles. The number of fused-ring (bicyclic) bond motifs is 2. The van der Waals surface area contributed by atoms with E-state index >= 15 is 0 Å². The summed E-state index contributed by atoms with van der Waals surface area (Å²) >= 11 is 1.23. The van der Waals surface area contributed by atoms with E-state index < -0.39 is 23.8 Å². The zero-order valence-electron chi connectivity index (χ0n) is 10.2. The number of hydrogen-bond acceptors (Lipinski definition) is 4. The second-order valence-corrected chi connectivity index (χ2v) is 6.45. The third-order valence-electron chi connectivity index (χ3n) is 4.30. The fourth-order valence-corrected chi connectivity index (χ4v) is 4.34. The molecule has 0 aromatic rings. The van der Waals surface area contributed by atoms with Gasteiger partial charge in [-0.15, -0.1) is 0 Å². The predicted octanol–water partition coefficient (Wildman–Crippen LogP) is 0.658. The average Bonchev–Trinajstić information content (AvgIpc) is 3.04. The van der Waals surface area contributed by atoms with Gasteiger partial charge in [0.05, 0.1) is 17.9 Å². The maximum absolute atomic E-state index is 12.3. The largest absolute Gasteiger partial charge is 0.481 e. The number of thioether (sulfide) groups is 1. The van der Waals surface area contributed by atoms with Gasteiger partial charge in [-0.25, -0.2) is 0 Å². The number of nitrogens with one attached hydrogen (secondary N) is 1. The van der Waals surface area contributed by atoms with Crippen LogP contribution in [0.2, 0.25) is 0 Å². The second kappa shape index (κ2) is 4.67. The molecule has 0 aromatic heterocycles. The summed E-state index contributed by atoms with van der Waals surface area (Å²) < 4.78 is 0. The van der Waals surface area contributed by atoms with Gasteiger partial charge in [0.1, 0.15) is 0 Å². The van der Waals surface area contributed by atoms with Crippen molar-refractivity contribution in [2.24, 2.45) is 23.7 Å². The van der Waals surface area contributed by atoms with Crippen molar-refractivity contribution in [1.82, 2.24) is 5.32 Å². The van der Waals surface area contributed by atoms with Crippen LogP contribution in [0.4, 0.5) is 0 Å². The van der Waals surface area contributed by atoms with Crippen LogP contribution in [0.5, 0.6) is 0 Å². The Morgan fingerprint density at radius 1 is 1.26 bits per heavy atom. The first-order valence-corrected chi connectivity index (χ1v) is 7.44. The van der Waals surface area contributed by atoms with Crippen molar-refractivity contribution >= 4 is 28.8 Å². The fourth-order valence-electron chi connectivity index (χ4n) is 3.41. The van der Waals surface area contributed by atoms with Crippen molar-refractivity contribution in [3.63, 3.8) is 0 Å². The van der Waals surface area contributed by atoms with E-state index in [0.29, 0.717) is 6.42 Å². The maximum atomic E-state index is 12.3. The lowest BCUT2D eigenvalue weighted by Gasteiger charge is -2.25. The Morgan fingerprint density at radius 2 is 1.95 bits per heavy atom. The lowest BCUT2D eigenvalue weighted by atomic mass is 9.82. The molecule has 3 aliphatic rings. The summed E-state index contributed by atoms with van der Waals surface area (Å²) in [5, 5.41) is 12.0. The fraction of sp³-hybridized carbons (Fsp3) is 0.615. The number of hydrogen-bond donors (Lipinski definition) is 2. The molecule has 2 bridgehead atoms. The SMILES string of the molecule is O=C(O)[C@@H]1[C@@H](C(=O)N[C@@H]2CCSC2=O)[C@H]2C=C[C@H]1C2. The topological polar surface area (TPSA) is 83.5 Å². The Labute approximate surface area is 114 Å². The highest BCUT2D eigenvalue weighted by atomic mass is 32.2. The first-order chi connectivity index (χ1) is 9.08. The van der Waals surface area contributed by atoms with Gasteiger partial charge in [0.2, 0.25) is 11.0 Å². The number of aliphatic carboxylic acids is 1. The number of carboxylic acids is 1. The number of carbonyl (C=O) groups excluding carboxylic acids is 2. The van der Waals surface area contributed by atoms with Gasteiger partial charge < -0.3 is 10.4 Å². The van der Waals surface area contributed by atoms with Crippen LogP contribution in [0.3, 0.4) is 0 Å². The van der Waals surface area contributed by atoms with Crippen LogP contribution in [0.1, 0.15) is 12.8 Å². The average molecular weight is 281 g/mol. The highest BCUT2D eigenvalue weighted by Crippen LogP contribution is 2.48. The van der Waals surface area contributed by atoms with Crippen LogP contribution < -0.4 is 5.32 Å². The summed E-state index contributed by atoms with van der Waals surface area (Å²) in [5.41, 5.74) is 0. The molecule has 1 heterocycles. The molecule has 3 rings (SSSR count). The maximum Gasteiger partial charge on any atom is 0.307 e. The Bertz CT molecular complexity index is 475. The lowest BCUT2D eigenvalue weighted by Crippen LogP contribution is -2.45. The molecule has 2 N–H and O–H groups in total. The quantitative estimate of drug-likeness (QED) is 0.742. The number of allylic oxidation sites excluding steroid dienone is 2. The summed E-state index contributed by atoms with van der Waals surface area (Å²) in [6.45, 7) is 0. The summed E-state index contributed by atoms with van der Waals surface area (Å²) in [4.78, 5) is 35.1. The normalized spacial score (nSPS) is 39.8. The van der Waals surface area contributed by atoms with Gasteiger partial charge in [0.15, 0.2) is 0 Å². The molecular formula is C13H15NO4S. The Hall–Kier alpha value is -1.30. The van der Waals surface area contributed by atoms with E-state index in [4.69, 9.17) is 0 Å². The molecule has 1 saturated carbocycles. The van der Waals surface area contributed by atoms with Crippen LogP contribution >= 0.6 is 11.8 Å². The molecule has 6 heteroatoms. The zero-order valence-corrected chi connectivity index (χ0v) is 11.1. The van der Waals surface area contributed by atoms with E-state index in [1.807, 2.05) is 12.2 Å². The standard InChI is InChI=1S/C13H15NO4S/c15-11(14-8-3-4-19-13(8)18)9-6-1-2-7(5-6)10(9)12(16)17/h1-2,6-10H,3-5H2,(H,14,15)(H,16,17)/t6-,7-,8+,9-,10-/m0/s1. The first-order valence-electron chi connectivity index (χ1n) is 6.46. The van der Waals surface area contributed by atoms with Crippen LogP contribution in [0.15, 0.2) is 12.2 Å². The number of rotatable bonds is 3. The van der Waals surface area contributed by atoms with E-state index in [1.54, 1.807) is 0 Å². The zero-order chi connectivity index (χ0) is 13.6. The first kappa shape index (κ1) is 12.7. The summed E-state index contributed by atoms with van der Waals surface area (Å²) in [6, 6.07) is -0.435. The third kappa shape index (κ3) is 2.08. The van der Waals surface area contributed by atoms with Gasteiger partial charge >= 0.3 is 5.97 Å². The van der Waals surface area contributed by atoms with Gasteiger partial charge in [0, 0.05) is 5.75 Å². The molecule has 19 heavy (non-hydrogen) atoms. The highest BCUT2D eigenvalue weighted by Gasteiger charge is 2.52. The Balaban J connectivity index is 1.73. The molecule has 5 nitrogen and oxygen atoms in total. The van der Waals surface area contributed by atoms with Crippen molar-refractivity contribution in [3.05, 3.63) is 12.2 Å². The van der Waals surface area contributed by atoms with Gasteiger partial charge in [-0.2, -0.15) is 0 Å². The monoisotopic (exact) mass is 281 g/mol. The molecule has 2 fully saturated rings. The minimum Gasteiger partial charge on any atom is -0.481 e. The summed E-state index contributed by atoms with van der Waals surface area (Å²) in [5.74, 6) is -1.65. The molecule has 0 aromatic carbocycles. The molecular weight excluding hydrogens is 266 g/mol. The van der Waals surface area contributed by atoms with E-state index in [0.717, 1.165) is 12.2 Å².